The van der Waals surface area contributed by atoms with Crippen LogP contribution in [0.4, 0.5) is 17.6 Å². The van der Waals surface area contributed by atoms with Crippen molar-refractivity contribution in [3.63, 3.8) is 0 Å². The van der Waals surface area contributed by atoms with E-state index in [1.165, 1.54) is 0 Å². The molecule has 0 fully saturated rings. The highest BCUT2D eigenvalue weighted by molar-refractivity contribution is 7.27. The van der Waals surface area contributed by atoms with Crippen molar-refractivity contribution in [2.75, 3.05) is 0 Å². The normalized spacial score (nSPS) is 11.1. The summed E-state index contributed by atoms with van der Waals surface area (Å²) in [6, 6.07) is 0. The molecule has 0 heterocycles. The maximum absolute atomic E-state index is 13.4. The Balaban J connectivity index is 2.92. The van der Waals surface area contributed by atoms with Gasteiger partial charge in [0.05, 0.1) is 0 Å². The Hall–Kier alpha value is -0.630. The van der Waals surface area contributed by atoms with Gasteiger partial charge in [0.2, 0.25) is 11.6 Å². The van der Waals surface area contributed by atoms with Crippen molar-refractivity contribution in [2.45, 2.75) is 39.0 Å². The van der Waals surface area contributed by atoms with Crippen molar-refractivity contribution < 1.29 is 17.6 Å². The Morgan fingerprint density at radius 2 is 1.41 bits per heavy atom. The van der Waals surface area contributed by atoms with Crippen molar-refractivity contribution in [3.05, 3.63) is 28.8 Å². The Morgan fingerprint density at radius 3 is 2.00 bits per heavy atom. The number of rotatable bonds is 5. The molecule has 0 N–H and O–H groups in total. The molecule has 17 heavy (non-hydrogen) atoms. The van der Waals surface area contributed by atoms with E-state index in [-0.39, 0.29) is 17.3 Å². The third-order valence-electron chi connectivity index (χ3n) is 2.75. The second-order valence-corrected chi connectivity index (χ2v) is 4.73. The Morgan fingerprint density at radius 1 is 0.824 bits per heavy atom. The second-order valence-electron chi connectivity index (χ2n) is 4.02. The molecule has 0 spiro atoms. The van der Waals surface area contributed by atoms with Gasteiger partial charge in [0.1, 0.15) is 5.30 Å². The van der Waals surface area contributed by atoms with E-state index < -0.39 is 23.3 Å². The fourth-order valence-corrected chi connectivity index (χ4v) is 2.20. The predicted octanol–water partition coefficient (Wildman–Crippen LogP) is 3.60. The largest absolute Gasteiger partial charge is 0.203 e. The monoisotopic (exact) mass is 267 g/mol. The average Bonchev–Trinajstić information content (AvgIpc) is 2.33. The topological polar surface area (TPSA) is 0 Å². The summed E-state index contributed by atoms with van der Waals surface area (Å²) < 4.78 is 52.6. The third-order valence-corrected chi connectivity index (χ3v) is 3.49. The first-order valence-electron chi connectivity index (χ1n) is 5.67. The molecule has 0 aliphatic heterocycles. The van der Waals surface area contributed by atoms with Crippen LogP contribution in [0.1, 0.15) is 38.2 Å². The lowest BCUT2D eigenvalue weighted by molar-refractivity contribution is 0.407. The molecule has 1 aromatic carbocycles. The van der Waals surface area contributed by atoms with Crippen LogP contribution in [0.5, 0.6) is 0 Å². The van der Waals surface area contributed by atoms with Crippen LogP contribution in [-0.4, -0.2) is 0 Å². The Labute approximate surface area is 101 Å². The zero-order valence-corrected chi connectivity index (χ0v) is 11.2. The lowest BCUT2D eigenvalue weighted by Gasteiger charge is -2.07. The fourth-order valence-electron chi connectivity index (χ4n) is 1.71. The van der Waals surface area contributed by atoms with Gasteiger partial charge in [0.25, 0.3) is 0 Å². The fraction of sp³-hybridized carbons (Fsp3) is 0.500. The Kier molecular flexibility index (Phi) is 5.38. The first-order valence-corrected chi connectivity index (χ1v) is 6.38. The van der Waals surface area contributed by atoms with E-state index in [0.717, 1.165) is 28.5 Å². The first-order chi connectivity index (χ1) is 8.00. The minimum atomic E-state index is -1.72. The van der Waals surface area contributed by atoms with Gasteiger partial charge in [-0.25, -0.2) is 13.2 Å². The highest BCUT2D eigenvalue weighted by Crippen LogP contribution is 2.20. The average molecular weight is 267 g/mol. The number of hydrogen-bond acceptors (Lipinski definition) is 0. The highest BCUT2D eigenvalue weighted by atomic mass is 31.0. The van der Waals surface area contributed by atoms with Crippen LogP contribution < -0.4 is 5.30 Å². The van der Waals surface area contributed by atoms with Crippen LogP contribution in [0.25, 0.3) is 0 Å². The van der Waals surface area contributed by atoms with Crippen molar-refractivity contribution in [1.29, 1.82) is 0 Å². The van der Waals surface area contributed by atoms with E-state index in [1.807, 2.05) is 6.92 Å². The summed E-state index contributed by atoms with van der Waals surface area (Å²) in [5.41, 5.74) is -0.0316. The molecule has 5 heteroatoms. The molecule has 96 valence electrons. The summed E-state index contributed by atoms with van der Waals surface area (Å²) in [6.07, 6.45) is 3.79. The Bertz CT molecular complexity index is 375. The van der Waals surface area contributed by atoms with Crippen LogP contribution in [0.2, 0.25) is 0 Å². The highest BCUT2D eigenvalue weighted by Gasteiger charge is 2.25. The molecule has 1 rings (SSSR count). The van der Waals surface area contributed by atoms with Gasteiger partial charge in [-0.1, -0.05) is 26.2 Å². The molecule has 0 aliphatic carbocycles. The van der Waals surface area contributed by atoms with E-state index >= 15 is 0 Å². The van der Waals surface area contributed by atoms with Crippen LogP contribution in [-0.2, 0) is 6.42 Å². The van der Waals surface area contributed by atoms with Gasteiger partial charge >= 0.3 is 0 Å². The van der Waals surface area contributed by atoms with Gasteiger partial charge in [0.15, 0.2) is 11.6 Å². The van der Waals surface area contributed by atoms with Crippen LogP contribution in [0.15, 0.2) is 0 Å². The molecule has 0 saturated carbocycles. The quantitative estimate of drug-likeness (QED) is 0.251. The standard InChI is InChI=1S/C12H15F4P/c1-2-3-4-5-6-7-8(13)9(14)10(15)11(16)12(7)17/h2-6,17H2,1H3/p+1. The summed E-state index contributed by atoms with van der Waals surface area (Å²) in [7, 11) is 1.05. The number of benzene rings is 1. The molecule has 1 atom stereocenters. The molecule has 0 amide bonds. The molecular weight excluding hydrogens is 251 g/mol. The lowest BCUT2D eigenvalue weighted by Crippen LogP contribution is -2.15. The zero-order valence-electron chi connectivity index (χ0n) is 9.75. The molecular formula is C12H16F4P+. The minimum Gasteiger partial charge on any atom is -0.203 e. The van der Waals surface area contributed by atoms with Gasteiger partial charge in [-0.3, -0.25) is 0 Å². The summed E-state index contributed by atoms with van der Waals surface area (Å²) in [6.45, 7) is 2.03. The van der Waals surface area contributed by atoms with Gasteiger partial charge in [0, 0.05) is 14.8 Å². The van der Waals surface area contributed by atoms with Crippen LogP contribution in [0, 0.1) is 23.3 Å². The van der Waals surface area contributed by atoms with E-state index in [1.54, 1.807) is 0 Å². The molecule has 1 unspecified atom stereocenters. The van der Waals surface area contributed by atoms with Gasteiger partial charge in [-0.05, 0) is 12.8 Å². The molecule has 0 radical (unpaired) electrons. The molecule has 0 aromatic heterocycles. The lowest BCUT2D eigenvalue weighted by atomic mass is 10.0. The summed E-state index contributed by atoms with van der Waals surface area (Å²) in [5, 5.41) is -0.0992. The number of unbranched alkanes of at least 4 members (excludes halogenated alkanes) is 3. The number of halogens is 4. The van der Waals surface area contributed by atoms with Crippen molar-refractivity contribution >= 4 is 14.5 Å². The minimum absolute atomic E-state index is 0.0316. The van der Waals surface area contributed by atoms with Gasteiger partial charge in [-0.15, -0.1) is 0 Å². The predicted molar refractivity (Wildman–Crippen MR) is 64.9 cm³/mol. The molecule has 0 nitrogen and oxygen atoms in total. The van der Waals surface area contributed by atoms with Gasteiger partial charge < -0.3 is 0 Å². The second kappa shape index (κ2) is 6.34. The molecule has 0 aliphatic rings. The smallest absolute Gasteiger partial charge is 0.203 e. The summed E-state index contributed by atoms with van der Waals surface area (Å²) >= 11 is 0. The van der Waals surface area contributed by atoms with Crippen molar-refractivity contribution in [1.82, 2.24) is 0 Å². The van der Waals surface area contributed by atoms with E-state index in [2.05, 4.69) is 0 Å². The molecule has 0 saturated heterocycles. The van der Waals surface area contributed by atoms with Crippen molar-refractivity contribution in [3.8, 4) is 0 Å². The first kappa shape index (κ1) is 14.4. The molecule has 0 bridgehead atoms. The summed E-state index contributed by atoms with van der Waals surface area (Å²) in [4.78, 5) is 0. The van der Waals surface area contributed by atoms with Crippen molar-refractivity contribution in [2.24, 2.45) is 0 Å². The van der Waals surface area contributed by atoms with Crippen LogP contribution in [0.3, 0.4) is 0 Å². The SMILES string of the molecule is CCCCCCc1c(F)c(F)c(F)c(F)c1[PH3+]. The molecule has 1 aromatic rings. The van der Waals surface area contributed by atoms with Gasteiger partial charge in [-0.2, -0.15) is 4.39 Å². The maximum atomic E-state index is 13.4. The maximum Gasteiger partial charge on any atom is 0.203 e. The summed E-state index contributed by atoms with van der Waals surface area (Å²) in [5.74, 6) is -5.94. The third kappa shape index (κ3) is 3.19. The van der Waals surface area contributed by atoms with E-state index in [0.29, 0.717) is 6.42 Å². The number of hydrogen-bond donors (Lipinski definition) is 0. The zero-order chi connectivity index (χ0) is 13.0. The van der Waals surface area contributed by atoms with E-state index in [4.69, 9.17) is 0 Å². The van der Waals surface area contributed by atoms with Crippen LogP contribution >= 0.6 is 9.24 Å². The van der Waals surface area contributed by atoms with E-state index in [9.17, 15) is 17.6 Å².